The van der Waals surface area contributed by atoms with Gasteiger partial charge in [0.25, 0.3) is 5.91 Å². The summed E-state index contributed by atoms with van der Waals surface area (Å²) in [5, 5.41) is 11.1. The van der Waals surface area contributed by atoms with E-state index in [1.54, 1.807) is 7.05 Å². The number of carboxylic acids is 1. The van der Waals surface area contributed by atoms with Gasteiger partial charge in [0.1, 0.15) is 11.5 Å². The number of aryl methyl sites for hydroxylation is 1. The number of hydrogen-bond acceptors (Lipinski definition) is 3. The summed E-state index contributed by atoms with van der Waals surface area (Å²) in [4.78, 5) is 26.4. The second-order valence-corrected chi connectivity index (χ2v) is 3.84. The standard InChI is InChI=1S/C12H10FN3O3/c1-16-6-14-5-10(16)11(17)15-9-4-7(12(18)19)2-3-8(9)13/h2-6H,1H3,(H,15,17)(H,18,19). The highest BCUT2D eigenvalue weighted by molar-refractivity contribution is 6.03. The summed E-state index contributed by atoms with van der Waals surface area (Å²) < 4.78 is 15.0. The van der Waals surface area contributed by atoms with Gasteiger partial charge in [-0.1, -0.05) is 0 Å². The van der Waals surface area contributed by atoms with E-state index in [1.165, 1.54) is 17.1 Å². The molecule has 0 aliphatic carbocycles. The zero-order valence-electron chi connectivity index (χ0n) is 9.92. The molecule has 1 aromatic carbocycles. The summed E-state index contributed by atoms with van der Waals surface area (Å²) in [6.07, 6.45) is 2.76. The average Bonchev–Trinajstić information content (AvgIpc) is 2.78. The molecule has 19 heavy (non-hydrogen) atoms. The molecule has 0 aliphatic heterocycles. The number of amides is 1. The third-order valence-electron chi connectivity index (χ3n) is 2.51. The number of nitrogens with one attached hydrogen (secondary N) is 1. The van der Waals surface area contributed by atoms with Gasteiger partial charge in [0, 0.05) is 7.05 Å². The minimum atomic E-state index is -1.20. The van der Waals surface area contributed by atoms with Crippen molar-refractivity contribution in [2.24, 2.45) is 7.05 Å². The number of aromatic carboxylic acids is 1. The number of carboxylic acid groups (broad SMARTS) is 1. The van der Waals surface area contributed by atoms with Crippen LogP contribution in [-0.2, 0) is 7.05 Å². The van der Waals surface area contributed by atoms with Gasteiger partial charge in [-0.2, -0.15) is 0 Å². The van der Waals surface area contributed by atoms with Crippen molar-refractivity contribution in [2.45, 2.75) is 0 Å². The van der Waals surface area contributed by atoms with E-state index < -0.39 is 17.7 Å². The number of carbonyl (C=O) groups excluding carboxylic acids is 1. The van der Waals surface area contributed by atoms with E-state index >= 15 is 0 Å². The average molecular weight is 263 g/mol. The van der Waals surface area contributed by atoms with Crippen LogP contribution in [0.15, 0.2) is 30.7 Å². The van der Waals surface area contributed by atoms with Crippen LogP contribution in [0.3, 0.4) is 0 Å². The summed E-state index contributed by atoms with van der Waals surface area (Å²) in [6, 6.07) is 3.17. The number of rotatable bonds is 3. The minimum Gasteiger partial charge on any atom is -0.478 e. The first-order chi connectivity index (χ1) is 8.99. The molecule has 2 rings (SSSR count). The molecule has 0 unspecified atom stereocenters. The topological polar surface area (TPSA) is 84.2 Å². The largest absolute Gasteiger partial charge is 0.478 e. The third-order valence-corrected chi connectivity index (χ3v) is 2.51. The van der Waals surface area contributed by atoms with Crippen molar-refractivity contribution < 1.29 is 19.1 Å². The number of imidazole rings is 1. The van der Waals surface area contributed by atoms with Crippen molar-refractivity contribution in [3.05, 3.63) is 47.8 Å². The number of anilines is 1. The van der Waals surface area contributed by atoms with Crippen molar-refractivity contribution in [2.75, 3.05) is 5.32 Å². The quantitative estimate of drug-likeness (QED) is 0.879. The van der Waals surface area contributed by atoms with E-state index in [0.29, 0.717) is 0 Å². The van der Waals surface area contributed by atoms with Gasteiger partial charge in [0.2, 0.25) is 0 Å². The van der Waals surface area contributed by atoms with Crippen molar-refractivity contribution in [3.8, 4) is 0 Å². The first-order valence-corrected chi connectivity index (χ1v) is 5.29. The summed E-state index contributed by atoms with van der Waals surface area (Å²) in [7, 11) is 1.62. The Bertz CT molecular complexity index is 651. The number of nitrogens with zero attached hydrogens (tertiary/aromatic N) is 2. The maximum absolute atomic E-state index is 13.5. The molecule has 6 nitrogen and oxygen atoms in total. The Morgan fingerprint density at radius 1 is 1.42 bits per heavy atom. The Morgan fingerprint density at radius 2 is 2.16 bits per heavy atom. The van der Waals surface area contributed by atoms with Gasteiger partial charge >= 0.3 is 5.97 Å². The molecule has 1 heterocycles. The van der Waals surface area contributed by atoms with E-state index in [1.807, 2.05) is 0 Å². The number of benzene rings is 1. The van der Waals surface area contributed by atoms with Gasteiger partial charge in [-0.3, -0.25) is 4.79 Å². The second kappa shape index (κ2) is 4.89. The normalized spacial score (nSPS) is 10.2. The molecule has 0 radical (unpaired) electrons. The lowest BCUT2D eigenvalue weighted by Crippen LogP contribution is -2.16. The third kappa shape index (κ3) is 2.59. The molecule has 0 fully saturated rings. The van der Waals surface area contributed by atoms with Gasteiger partial charge in [0.15, 0.2) is 0 Å². The molecule has 1 amide bonds. The monoisotopic (exact) mass is 263 g/mol. The molecule has 98 valence electrons. The summed E-state index contributed by atoms with van der Waals surface area (Å²) in [5.41, 5.74) is -0.0621. The highest BCUT2D eigenvalue weighted by Gasteiger charge is 2.14. The molecule has 0 aliphatic rings. The van der Waals surface area contributed by atoms with E-state index in [-0.39, 0.29) is 16.9 Å². The van der Waals surface area contributed by atoms with Crippen LogP contribution in [0.25, 0.3) is 0 Å². The Morgan fingerprint density at radius 3 is 2.74 bits per heavy atom. The van der Waals surface area contributed by atoms with E-state index in [9.17, 15) is 14.0 Å². The molecule has 0 atom stereocenters. The van der Waals surface area contributed by atoms with Gasteiger partial charge in [-0.15, -0.1) is 0 Å². The molecule has 0 bridgehead atoms. The Labute approximate surface area is 107 Å². The minimum absolute atomic E-state index is 0.110. The molecule has 7 heteroatoms. The van der Waals surface area contributed by atoms with Crippen LogP contribution in [0.5, 0.6) is 0 Å². The van der Waals surface area contributed by atoms with E-state index in [2.05, 4.69) is 10.3 Å². The maximum Gasteiger partial charge on any atom is 0.335 e. The van der Waals surface area contributed by atoms with Gasteiger partial charge in [-0.25, -0.2) is 14.2 Å². The van der Waals surface area contributed by atoms with Crippen LogP contribution in [-0.4, -0.2) is 26.5 Å². The SMILES string of the molecule is Cn1cncc1C(=O)Nc1cc(C(=O)O)ccc1F. The van der Waals surface area contributed by atoms with Crippen molar-refractivity contribution >= 4 is 17.6 Å². The van der Waals surface area contributed by atoms with Gasteiger partial charge < -0.3 is 15.0 Å². The van der Waals surface area contributed by atoms with Crippen LogP contribution in [0, 0.1) is 5.82 Å². The number of aromatic nitrogens is 2. The van der Waals surface area contributed by atoms with Gasteiger partial charge in [-0.05, 0) is 18.2 Å². The van der Waals surface area contributed by atoms with Crippen LogP contribution in [0.4, 0.5) is 10.1 Å². The molecular weight excluding hydrogens is 253 g/mol. The lowest BCUT2D eigenvalue weighted by atomic mass is 10.2. The Kier molecular flexibility index (Phi) is 3.28. The zero-order valence-corrected chi connectivity index (χ0v) is 9.92. The van der Waals surface area contributed by atoms with Crippen molar-refractivity contribution in [3.63, 3.8) is 0 Å². The van der Waals surface area contributed by atoms with Crippen LogP contribution in [0.2, 0.25) is 0 Å². The molecular formula is C12H10FN3O3. The first kappa shape index (κ1) is 12.7. The molecule has 0 spiro atoms. The van der Waals surface area contributed by atoms with Gasteiger partial charge in [0.05, 0.1) is 23.8 Å². The summed E-state index contributed by atoms with van der Waals surface area (Å²) >= 11 is 0. The fraction of sp³-hybridized carbons (Fsp3) is 0.0833. The molecule has 1 aromatic heterocycles. The molecule has 0 saturated carbocycles. The summed E-state index contributed by atoms with van der Waals surface area (Å²) in [6.45, 7) is 0. The van der Waals surface area contributed by atoms with Crippen LogP contribution < -0.4 is 5.32 Å². The fourth-order valence-electron chi connectivity index (χ4n) is 1.52. The van der Waals surface area contributed by atoms with Crippen LogP contribution >= 0.6 is 0 Å². The van der Waals surface area contributed by atoms with E-state index in [0.717, 1.165) is 18.2 Å². The van der Waals surface area contributed by atoms with E-state index in [4.69, 9.17) is 5.11 Å². The number of hydrogen-bond donors (Lipinski definition) is 2. The Balaban J connectivity index is 2.28. The highest BCUT2D eigenvalue weighted by atomic mass is 19.1. The predicted molar refractivity (Wildman–Crippen MR) is 64.5 cm³/mol. The Hall–Kier alpha value is -2.70. The fourth-order valence-corrected chi connectivity index (χ4v) is 1.52. The highest BCUT2D eigenvalue weighted by Crippen LogP contribution is 2.17. The lowest BCUT2D eigenvalue weighted by Gasteiger charge is -2.07. The van der Waals surface area contributed by atoms with Crippen molar-refractivity contribution in [1.29, 1.82) is 0 Å². The smallest absolute Gasteiger partial charge is 0.335 e. The van der Waals surface area contributed by atoms with Crippen molar-refractivity contribution in [1.82, 2.24) is 9.55 Å². The number of halogens is 1. The molecule has 2 aromatic rings. The second-order valence-electron chi connectivity index (χ2n) is 3.84. The number of carbonyl (C=O) groups is 2. The zero-order chi connectivity index (χ0) is 14.0. The van der Waals surface area contributed by atoms with Crippen LogP contribution in [0.1, 0.15) is 20.8 Å². The molecule has 0 saturated heterocycles. The maximum atomic E-state index is 13.5. The lowest BCUT2D eigenvalue weighted by molar-refractivity contribution is 0.0696. The summed E-state index contributed by atoms with van der Waals surface area (Å²) in [5.74, 6) is -2.47. The molecule has 2 N–H and O–H groups in total. The first-order valence-electron chi connectivity index (χ1n) is 5.29. The predicted octanol–water partition coefficient (Wildman–Crippen LogP) is 1.51.